The maximum absolute atomic E-state index is 13.5. The highest BCUT2D eigenvalue weighted by atomic mass is 35.5. The zero-order valence-electron chi connectivity index (χ0n) is 9.25. The molecular formula is C11H8Cl2FN3O. The van der Waals surface area contributed by atoms with Crippen molar-refractivity contribution >= 4 is 29.2 Å². The van der Waals surface area contributed by atoms with Crippen molar-refractivity contribution in [1.29, 1.82) is 0 Å². The maximum atomic E-state index is 13.5. The van der Waals surface area contributed by atoms with Gasteiger partial charge in [-0.1, -0.05) is 23.2 Å². The minimum Gasteiger partial charge on any atom is -0.435 e. The lowest BCUT2D eigenvalue weighted by molar-refractivity contribution is 0.421. The van der Waals surface area contributed by atoms with Crippen molar-refractivity contribution < 1.29 is 9.13 Å². The summed E-state index contributed by atoms with van der Waals surface area (Å²) in [5.41, 5.74) is 0. The molecule has 0 saturated heterocycles. The van der Waals surface area contributed by atoms with E-state index in [9.17, 15) is 4.39 Å². The normalized spacial score (nSPS) is 10.2. The third-order valence-corrected chi connectivity index (χ3v) is 2.57. The Morgan fingerprint density at radius 2 is 2.11 bits per heavy atom. The predicted molar refractivity (Wildman–Crippen MR) is 68.1 cm³/mol. The van der Waals surface area contributed by atoms with E-state index in [1.165, 1.54) is 12.1 Å². The Kier molecular flexibility index (Phi) is 3.84. The molecule has 18 heavy (non-hydrogen) atoms. The predicted octanol–water partition coefficient (Wildman–Crippen LogP) is 3.76. The van der Waals surface area contributed by atoms with Gasteiger partial charge in [0.2, 0.25) is 11.8 Å². The number of anilines is 1. The van der Waals surface area contributed by atoms with Crippen LogP contribution >= 0.6 is 23.2 Å². The quantitative estimate of drug-likeness (QED) is 0.934. The minimum atomic E-state index is -0.681. The smallest absolute Gasteiger partial charge is 0.260 e. The Balaban J connectivity index is 2.33. The molecule has 0 saturated carbocycles. The van der Waals surface area contributed by atoms with E-state index in [2.05, 4.69) is 15.3 Å². The lowest BCUT2D eigenvalue weighted by Crippen LogP contribution is -2.00. The van der Waals surface area contributed by atoms with Crippen LogP contribution in [0.2, 0.25) is 10.0 Å². The van der Waals surface area contributed by atoms with Gasteiger partial charge in [-0.2, -0.15) is 9.37 Å². The number of ether oxygens (including phenoxy) is 1. The summed E-state index contributed by atoms with van der Waals surface area (Å²) in [5.74, 6) is -0.379. The molecule has 1 N–H and O–H groups in total. The van der Waals surface area contributed by atoms with E-state index in [0.717, 1.165) is 6.20 Å². The Labute approximate surface area is 113 Å². The number of benzene rings is 1. The van der Waals surface area contributed by atoms with Crippen LogP contribution in [0.1, 0.15) is 0 Å². The first-order valence-corrected chi connectivity index (χ1v) is 5.69. The second kappa shape index (κ2) is 5.37. The molecular weight excluding hydrogens is 280 g/mol. The number of aromatic nitrogens is 2. The van der Waals surface area contributed by atoms with Crippen LogP contribution in [0.5, 0.6) is 11.6 Å². The maximum Gasteiger partial charge on any atom is 0.260 e. The van der Waals surface area contributed by atoms with Crippen molar-refractivity contribution in [1.82, 2.24) is 9.97 Å². The fourth-order valence-corrected chi connectivity index (χ4v) is 1.65. The van der Waals surface area contributed by atoms with E-state index in [-0.39, 0.29) is 22.6 Å². The summed E-state index contributed by atoms with van der Waals surface area (Å²) in [7, 11) is 1.62. The highest BCUT2D eigenvalue weighted by Crippen LogP contribution is 2.31. The highest BCUT2D eigenvalue weighted by molar-refractivity contribution is 6.35. The van der Waals surface area contributed by atoms with E-state index in [4.69, 9.17) is 27.9 Å². The summed E-state index contributed by atoms with van der Waals surface area (Å²) in [6.07, 6.45) is 1.01. The van der Waals surface area contributed by atoms with Gasteiger partial charge >= 0.3 is 0 Å². The number of hydrogen-bond acceptors (Lipinski definition) is 4. The van der Waals surface area contributed by atoms with Gasteiger partial charge in [0, 0.05) is 12.1 Å². The second-order valence-corrected chi connectivity index (χ2v) is 4.12. The molecule has 2 rings (SSSR count). The molecule has 94 valence electrons. The van der Waals surface area contributed by atoms with Crippen molar-refractivity contribution in [3.8, 4) is 11.6 Å². The monoisotopic (exact) mass is 287 g/mol. The average Bonchev–Trinajstić information content (AvgIpc) is 2.35. The van der Waals surface area contributed by atoms with Crippen LogP contribution in [-0.2, 0) is 0 Å². The number of nitrogens with zero attached hydrogens (tertiary/aromatic N) is 2. The van der Waals surface area contributed by atoms with Crippen molar-refractivity contribution in [2.45, 2.75) is 0 Å². The summed E-state index contributed by atoms with van der Waals surface area (Å²) in [5, 5.41) is 3.42. The third kappa shape index (κ3) is 2.80. The van der Waals surface area contributed by atoms with Crippen molar-refractivity contribution in [2.75, 3.05) is 12.4 Å². The molecule has 0 unspecified atom stereocenters. The van der Waals surface area contributed by atoms with Crippen LogP contribution in [0.15, 0.2) is 24.4 Å². The van der Waals surface area contributed by atoms with Crippen molar-refractivity contribution in [2.24, 2.45) is 0 Å². The van der Waals surface area contributed by atoms with Crippen LogP contribution in [0.3, 0.4) is 0 Å². The van der Waals surface area contributed by atoms with Gasteiger partial charge in [-0.15, -0.1) is 0 Å². The molecule has 1 aromatic carbocycles. The molecule has 0 bridgehead atoms. The fourth-order valence-electron chi connectivity index (χ4n) is 1.21. The molecule has 1 aromatic heterocycles. The molecule has 0 fully saturated rings. The zero-order chi connectivity index (χ0) is 13.1. The lowest BCUT2D eigenvalue weighted by Gasteiger charge is -2.08. The fraction of sp³-hybridized carbons (Fsp3) is 0.0909. The molecule has 7 heteroatoms. The molecule has 0 amide bonds. The van der Waals surface area contributed by atoms with E-state index in [1.807, 2.05) is 0 Å². The first-order chi connectivity index (χ1) is 8.60. The number of rotatable bonds is 3. The van der Waals surface area contributed by atoms with E-state index in [1.54, 1.807) is 13.1 Å². The molecule has 0 spiro atoms. The molecule has 0 aliphatic heterocycles. The number of nitrogens with one attached hydrogen (secondary N) is 1. The Morgan fingerprint density at radius 1 is 1.33 bits per heavy atom. The van der Waals surface area contributed by atoms with Crippen LogP contribution < -0.4 is 10.1 Å². The Hall–Kier alpha value is -1.59. The molecule has 4 nitrogen and oxygen atoms in total. The SMILES string of the molecule is CNc1ncc(F)c(Oc2ccc(Cl)cc2Cl)n1. The van der Waals surface area contributed by atoms with E-state index < -0.39 is 5.82 Å². The van der Waals surface area contributed by atoms with Crippen molar-refractivity contribution in [3.63, 3.8) is 0 Å². The van der Waals surface area contributed by atoms with E-state index >= 15 is 0 Å². The lowest BCUT2D eigenvalue weighted by atomic mass is 10.3. The summed E-state index contributed by atoms with van der Waals surface area (Å²) >= 11 is 11.7. The van der Waals surface area contributed by atoms with Crippen LogP contribution in [0, 0.1) is 5.82 Å². The molecule has 0 aliphatic carbocycles. The zero-order valence-corrected chi connectivity index (χ0v) is 10.8. The van der Waals surface area contributed by atoms with Crippen molar-refractivity contribution in [3.05, 3.63) is 40.3 Å². The average molecular weight is 288 g/mol. The minimum absolute atomic E-state index is 0.210. The molecule has 2 aromatic rings. The van der Waals surface area contributed by atoms with Gasteiger partial charge in [0.25, 0.3) is 5.88 Å². The molecule has 1 heterocycles. The first kappa shape index (κ1) is 12.9. The third-order valence-electron chi connectivity index (χ3n) is 2.04. The highest BCUT2D eigenvalue weighted by Gasteiger charge is 2.11. The van der Waals surface area contributed by atoms with Gasteiger partial charge in [0.05, 0.1) is 11.2 Å². The van der Waals surface area contributed by atoms with E-state index in [0.29, 0.717) is 5.02 Å². The second-order valence-electron chi connectivity index (χ2n) is 3.27. The van der Waals surface area contributed by atoms with Gasteiger partial charge in [-0.25, -0.2) is 4.98 Å². The van der Waals surface area contributed by atoms with Gasteiger partial charge in [-0.3, -0.25) is 0 Å². The summed E-state index contributed by atoms with van der Waals surface area (Å²) in [6.45, 7) is 0. The van der Waals surface area contributed by atoms with Crippen LogP contribution in [0.25, 0.3) is 0 Å². The Morgan fingerprint density at radius 3 is 2.78 bits per heavy atom. The number of halogens is 3. The Bertz CT molecular complexity index is 580. The van der Waals surface area contributed by atoms with Gasteiger partial charge in [0.15, 0.2) is 0 Å². The molecule has 0 atom stereocenters. The topological polar surface area (TPSA) is 47.0 Å². The number of hydrogen-bond donors (Lipinski definition) is 1. The summed E-state index contributed by atoms with van der Waals surface area (Å²) < 4.78 is 18.7. The largest absolute Gasteiger partial charge is 0.435 e. The summed E-state index contributed by atoms with van der Waals surface area (Å²) in [6, 6.07) is 4.61. The van der Waals surface area contributed by atoms with Crippen LogP contribution in [0.4, 0.5) is 10.3 Å². The summed E-state index contributed by atoms with van der Waals surface area (Å²) in [4.78, 5) is 7.54. The first-order valence-electron chi connectivity index (χ1n) is 4.93. The van der Waals surface area contributed by atoms with Crippen LogP contribution in [-0.4, -0.2) is 17.0 Å². The van der Waals surface area contributed by atoms with Gasteiger partial charge < -0.3 is 10.1 Å². The van der Waals surface area contributed by atoms with Gasteiger partial charge in [0.1, 0.15) is 5.75 Å². The molecule has 0 radical (unpaired) electrons. The molecule has 0 aliphatic rings. The standard InChI is InChI=1S/C11H8Cl2FN3O/c1-15-11-16-5-8(14)10(17-11)18-9-3-2-6(12)4-7(9)13/h2-5H,1H3,(H,15,16,17). The van der Waals surface area contributed by atoms with Gasteiger partial charge in [-0.05, 0) is 18.2 Å².